The number of aromatic nitrogens is 6. The Balaban J connectivity index is 0.000000204. The summed E-state index contributed by atoms with van der Waals surface area (Å²) in [5, 5.41) is 10.9. The summed E-state index contributed by atoms with van der Waals surface area (Å²) in [5.41, 5.74) is 2.73. The van der Waals surface area contributed by atoms with Gasteiger partial charge in [-0.1, -0.05) is 87.8 Å². The first kappa shape index (κ1) is 54.5. The zero-order chi connectivity index (χ0) is 51.3. The van der Waals surface area contributed by atoms with Crippen LogP contribution in [0.3, 0.4) is 0 Å². The van der Waals surface area contributed by atoms with E-state index in [1.807, 2.05) is 27.7 Å². The van der Waals surface area contributed by atoms with Gasteiger partial charge in [0.25, 0.3) is 0 Å². The highest BCUT2D eigenvalue weighted by Gasteiger charge is 2.55. The van der Waals surface area contributed by atoms with Crippen LogP contribution in [0, 0.1) is 45.9 Å². The zero-order valence-corrected chi connectivity index (χ0v) is 42.8. The van der Waals surface area contributed by atoms with Gasteiger partial charge in [0.1, 0.15) is 63.4 Å². The van der Waals surface area contributed by atoms with E-state index in [9.17, 15) is 4.79 Å². The van der Waals surface area contributed by atoms with Crippen molar-refractivity contribution in [1.29, 1.82) is 0 Å². The number of nitrogens with zero attached hydrogens (tertiary/aromatic N) is 10. The average Bonchev–Trinajstić information content (AvgIpc) is 4.10. The number of benzene rings is 3. The van der Waals surface area contributed by atoms with Gasteiger partial charge in [-0.05, 0) is 90.8 Å². The lowest BCUT2D eigenvalue weighted by molar-refractivity contribution is -0.00975. The first-order valence-corrected chi connectivity index (χ1v) is 23.1. The normalized spacial score (nSPS) is 14.0. The minimum Gasteiger partial charge on any atom is -0.507 e. The number of halogens is 6. The van der Waals surface area contributed by atoms with E-state index in [4.69, 9.17) is 113 Å². The Morgan fingerprint density at radius 1 is 0.657 bits per heavy atom. The Kier molecular flexibility index (Phi) is 19.0. The third kappa shape index (κ3) is 15.0. The largest absolute Gasteiger partial charge is 0.507 e. The van der Waals surface area contributed by atoms with Gasteiger partial charge >= 0.3 is 6.09 Å². The Morgan fingerprint density at radius 3 is 1.56 bits per heavy atom. The molecule has 1 N–H and O–H groups in total. The van der Waals surface area contributed by atoms with Gasteiger partial charge < -0.3 is 29.0 Å². The molecule has 3 aromatic carbocycles. The van der Waals surface area contributed by atoms with Gasteiger partial charge in [0.05, 0.1) is 40.3 Å². The van der Waals surface area contributed by atoms with E-state index < -0.39 is 5.60 Å². The van der Waals surface area contributed by atoms with Gasteiger partial charge in [-0.2, -0.15) is 0 Å². The minimum atomic E-state index is -0.519. The number of aromatic hydroxyl groups is 1. The number of ether oxygens (including phenoxy) is 4. The fourth-order valence-electron chi connectivity index (χ4n) is 6.21. The van der Waals surface area contributed by atoms with Gasteiger partial charge in [0.15, 0.2) is 17.1 Å². The molecule has 1 aliphatic heterocycles. The van der Waals surface area contributed by atoms with Crippen LogP contribution in [0.5, 0.6) is 34.9 Å². The van der Waals surface area contributed by atoms with Gasteiger partial charge in [0.2, 0.25) is 17.6 Å². The molecule has 6 aromatic rings. The predicted octanol–water partition coefficient (Wildman–Crippen LogP) is 15.1. The summed E-state index contributed by atoms with van der Waals surface area (Å²) in [6.45, 7) is 32.7. The highest BCUT2D eigenvalue weighted by molar-refractivity contribution is 6.34. The summed E-state index contributed by atoms with van der Waals surface area (Å²) in [4.78, 5) is 47.9. The molecule has 362 valence electrons. The molecule has 1 unspecified atom stereocenters. The van der Waals surface area contributed by atoms with Crippen LogP contribution >= 0.6 is 69.6 Å². The molecule has 1 aliphatic carbocycles. The molecule has 1 spiro atoms. The number of amides is 1. The molecule has 16 nitrogen and oxygen atoms in total. The quantitative estimate of drug-likeness (QED) is 0.124. The Hall–Kier alpha value is -6.42. The Bertz CT molecular complexity index is 2970. The maximum absolute atomic E-state index is 12.5. The van der Waals surface area contributed by atoms with Crippen molar-refractivity contribution in [2.75, 3.05) is 13.1 Å². The molecule has 22 heteroatoms. The van der Waals surface area contributed by atoms with Gasteiger partial charge in [0, 0.05) is 36.1 Å². The van der Waals surface area contributed by atoms with E-state index >= 15 is 0 Å². The van der Waals surface area contributed by atoms with E-state index in [1.165, 1.54) is 43.2 Å². The van der Waals surface area contributed by atoms with E-state index in [0.717, 1.165) is 18.4 Å². The van der Waals surface area contributed by atoms with E-state index in [2.05, 4.69) is 44.4 Å². The third-order valence-corrected chi connectivity index (χ3v) is 12.2. The van der Waals surface area contributed by atoms with Gasteiger partial charge in [-0.15, -0.1) is 0 Å². The topological polar surface area (TPSA) is 168 Å². The number of phenols is 1. The van der Waals surface area contributed by atoms with Crippen molar-refractivity contribution < 1.29 is 28.8 Å². The van der Waals surface area contributed by atoms with Crippen molar-refractivity contribution in [3.63, 3.8) is 0 Å². The number of phenolic OH excluding ortho intramolecular Hbond substituents is 1. The number of hydrogen-bond acceptors (Lipinski definition) is 12. The van der Waals surface area contributed by atoms with Crippen LogP contribution in [0.1, 0.15) is 56.7 Å². The molecule has 0 radical (unpaired) electrons. The second kappa shape index (κ2) is 24.4. The summed E-state index contributed by atoms with van der Waals surface area (Å²) >= 11 is 34.8. The zero-order valence-electron chi connectivity index (χ0n) is 38.3. The second-order valence-corrected chi connectivity index (χ2v) is 18.6. The second-order valence-electron chi connectivity index (χ2n) is 16.3. The van der Waals surface area contributed by atoms with Crippen LogP contribution < -0.4 is 14.2 Å². The number of piperidine rings is 1. The summed E-state index contributed by atoms with van der Waals surface area (Å²) in [6, 6.07) is 13.9. The molecular weight excluding hydrogens is 1030 g/mol. The highest BCUT2D eigenvalue weighted by atomic mass is 35.5. The SMILES string of the molecule is Cc1c(Cl)ncnc1Cl.[C-]#[N+]c1ccc(O)c(Cl)c1.[C-]#[N+]c1ccc(Oc2ncnc(Cl)c2C)c(Cl)c1.[C-]#[N+]c1ccc(Oc2ncnc(OC3CCN(C(=O)OC(C)(C)C)CC34CC4)c2C)c(Cl)c1. The summed E-state index contributed by atoms with van der Waals surface area (Å²) in [7, 11) is 0. The monoisotopic (exact) mass is 1060 g/mol. The number of carbonyl (C=O) groups is 1. The van der Waals surface area contributed by atoms with Crippen LogP contribution in [-0.4, -0.2) is 70.8 Å². The molecule has 1 atom stereocenters. The fraction of sp³-hybridized carbons (Fsp3) is 0.292. The molecule has 0 bridgehead atoms. The van der Waals surface area contributed by atoms with E-state index in [-0.39, 0.29) is 28.4 Å². The summed E-state index contributed by atoms with van der Waals surface area (Å²) < 4.78 is 23.4. The van der Waals surface area contributed by atoms with Crippen LogP contribution in [-0.2, 0) is 4.74 Å². The van der Waals surface area contributed by atoms with E-state index in [0.29, 0.717) is 102 Å². The predicted molar refractivity (Wildman–Crippen MR) is 269 cm³/mol. The fourth-order valence-corrected chi connectivity index (χ4v) is 7.25. The standard InChI is InChI=1S/C24H27ClN4O4.C12H7Cl2N3O.C7H4ClNO.C5H4Cl2N2/c1-15-20(31-18-7-6-16(26-5)12-17(18)25)27-14-28-21(15)32-19-8-11-29(13-24(19)9-10-24)22(30)33-23(2,3)4;1-7-11(14)16-6-17-12(7)18-10-4-3-8(15-2)5-9(10)13;1-9-5-2-3-7(10)6(8)4-5;1-3-4(6)8-2-9-5(3)7/h6-7,12,14,19H,8-11,13H2,1-4H3;3-6H,1H3;2-4,10H;2H,1H3. The third-order valence-electron chi connectivity index (χ3n) is 10.1. The highest BCUT2D eigenvalue weighted by Crippen LogP contribution is 2.54. The maximum Gasteiger partial charge on any atom is 0.410 e. The first-order valence-electron chi connectivity index (χ1n) is 20.8. The number of hydrogen-bond donors (Lipinski definition) is 1. The number of rotatable bonds is 6. The van der Waals surface area contributed by atoms with Crippen molar-refractivity contribution in [2.45, 2.75) is 72.5 Å². The molecule has 4 heterocycles. The summed E-state index contributed by atoms with van der Waals surface area (Å²) in [6.07, 6.45) is 6.39. The van der Waals surface area contributed by atoms with Crippen LogP contribution in [0.15, 0.2) is 73.6 Å². The first-order chi connectivity index (χ1) is 33.2. The van der Waals surface area contributed by atoms with Crippen molar-refractivity contribution in [1.82, 2.24) is 34.8 Å². The molecule has 70 heavy (non-hydrogen) atoms. The number of carbonyl (C=O) groups excluding carboxylic acids is 1. The molecule has 2 aliphatic rings. The minimum absolute atomic E-state index is 0.00840. The molecule has 3 aromatic heterocycles. The lowest BCUT2D eigenvalue weighted by Gasteiger charge is -2.39. The van der Waals surface area contributed by atoms with Crippen LogP contribution in [0.25, 0.3) is 14.5 Å². The smallest absolute Gasteiger partial charge is 0.410 e. The van der Waals surface area contributed by atoms with Gasteiger partial charge in [-0.25, -0.2) is 49.2 Å². The van der Waals surface area contributed by atoms with E-state index in [1.54, 1.807) is 49.1 Å². The molecular formula is C48H42Cl6N10O6. The van der Waals surface area contributed by atoms with Crippen molar-refractivity contribution in [3.8, 4) is 34.9 Å². The van der Waals surface area contributed by atoms with Crippen molar-refractivity contribution in [3.05, 3.63) is 155 Å². The van der Waals surface area contributed by atoms with Crippen LogP contribution in [0.4, 0.5) is 21.9 Å². The van der Waals surface area contributed by atoms with Crippen molar-refractivity contribution >= 4 is 92.8 Å². The molecule has 1 amide bonds. The lowest BCUT2D eigenvalue weighted by Crippen LogP contribution is -2.50. The Morgan fingerprint density at radius 2 is 1.10 bits per heavy atom. The molecule has 2 fully saturated rings. The Labute approximate surface area is 434 Å². The molecule has 1 saturated heterocycles. The van der Waals surface area contributed by atoms with Crippen LogP contribution in [0.2, 0.25) is 30.5 Å². The molecule has 8 rings (SSSR count). The van der Waals surface area contributed by atoms with Gasteiger partial charge in [-0.3, -0.25) is 0 Å². The average molecular weight is 1070 g/mol. The lowest BCUT2D eigenvalue weighted by atomic mass is 9.91. The maximum atomic E-state index is 12.5. The van der Waals surface area contributed by atoms with Crippen molar-refractivity contribution in [2.24, 2.45) is 5.41 Å². The summed E-state index contributed by atoms with van der Waals surface area (Å²) in [5.74, 6) is 1.97. The number of likely N-dealkylation sites (tertiary alicyclic amines) is 1. The molecule has 1 saturated carbocycles.